The van der Waals surface area contributed by atoms with Crippen LogP contribution < -0.4 is 4.90 Å². The van der Waals surface area contributed by atoms with Crippen molar-refractivity contribution in [3.63, 3.8) is 0 Å². The first-order chi connectivity index (χ1) is 9.65. The molecule has 0 saturated carbocycles. The minimum absolute atomic E-state index is 0.259. The van der Waals surface area contributed by atoms with E-state index >= 15 is 0 Å². The molecule has 106 valence electrons. The molecule has 5 nitrogen and oxygen atoms in total. The van der Waals surface area contributed by atoms with Gasteiger partial charge in [0.25, 0.3) is 0 Å². The number of rotatable bonds is 2. The van der Waals surface area contributed by atoms with E-state index in [1.165, 1.54) is 0 Å². The van der Waals surface area contributed by atoms with Gasteiger partial charge in [-0.2, -0.15) is 5.26 Å². The van der Waals surface area contributed by atoms with Gasteiger partial charge in [-0.15, -0.1) is 0 Å². The SMILES string of the molecule is CCOC(=O)N1CCN(c2ccc(C#N)c(Cl)c2)CC1. The fourth-order valence-electron chi connectivity index (χ4n) is 2.15. The van der Waals surface area contributed by atoms with Crippen LogP contribution in [0, 0.1) is 11.3 Å². The summed E-state index contributed by atoms with van der Waals surface area (Å²) in [6.45, 7) is 4.88. The van der Waals surface area contributed by atoms with Gasteiger partial charge >= 0.3 is 6.09 Å². The number of nitrogens with zero attached hydrogens (tertiary/aromatic N) is 3. The summed E-state index contributed by atoms with van der Waals surface area (Å²) in [5.74, 6) is 0. The number of hydrogen-bond acceptors (Lipinski definition) is 4. The number of piperazine rings is 1. The molecule has 1 aliphatic rings. The summed E-state index contributed by atoms with van der Waals surface area (Å²) in [5, 5.41) is 9.32. The Morgan fingerprint density at radius 2 is 2.10 bits per heavy atom. The van der Waals surface area contributed by atoms with Crippen LogP contribution in [0.3, 0.4) is 0 Å². The lowest BCUT2D eigenvalue weighted by Gasteiger charge is -2.35. The highest BCUT2D eigenvalue weighted by atomic mass is 35.5. The van der Waals surface area contributed by atoms with Gasteiger partial charge in [-0.3, -0.25) is 0 Å². The summed E-state index contributed by atoms with van der Waals surface area (Å²) >= 11 is 6.04. The van der Waals surface area contributed by atoms with Crippen LogP contribution in [0.25, 0.3) is 0 Å². The third-order valence-corrected chi connectivity index (χ3v) is 3.56. The van der Waals surface area contributed by atoms with Crippen molar-refractivity contribution in [2.75, 3.05) is 37.7 Å². The van der Waals surface area contributed by atoms with Crippen LogP contribution in [0.1, 0.15) is 12.5 Å². The number of nitriles is 1. The van der Waals surface area contributed by atoms with Crippen molar-refractivity contribution >= 4 is 23.4 Å². The molecule has 6 heteroatoms. The zero-order chi connectivity index (χ0) is 14.5. The lowest BCUT2D eigenvalue weighted by Crippen LogP contribution is -2.49. The van der Waals surface area contributed by atoms with E-state index in [0.717, 1.165) is 18.8 Å². The van der Waals surface area contributed by atoms with Crippen molar-refractivity contribution in [1.29, 1.82) is 5.26 Å². The molecule has 0 aliphatic carbocycles. The van der Waals surface area contributed by atoms with Crippen molar-refractivity contribution in [3.05, 3.63) is 28.8 Å². The predicted molar refractivity (Wildman–Crippen MR) is 77.0 cm³/mol. The topological polar surface area (TPSA) is 56.6 Å². The van der Waals surface area contributed by atoms with Crippen LogP contribution in [0.15, 0.2) is 18.2 Å². The standard InChI is InChI=1S/C14H16ClN3O2/c1-2-20-14(19)18-7-5-17(6-8-18)12-4-3-11(10-16)13(15)9-12/h3-4,9H,2,5-8H2,1H3. The molecular weight excluding hydrogens is 278 g/mol. The Balaban J connectivity index is 1.99. The van der Waals surface area contributed by atoms with Gasteiger partial charge in [0.2, 0.25) is 0 Å². The summed E-state index contributed by atoms with van der Waals surface area (Å²) in [5.41, 5.74) is 1.44. The Kier molecular flexibility index (Phi) is 4.70. The fourth-order valence-corrected chi connectivity index (χ4v) is 2.37. The van der Waals surface area contributed by atoms with Gasteiger partial charge in [0, 0.05) is 31.9 Å². The van der Waals surface area contributed by atoms with Crippen LogP contribution in [0.2, 0.25) is 5.02 Å². The molecule has 1 aliphatic heterocycles. The lowest BCUT2D eigenvalue weighted by molar-refractivity contribution is 0.105. The number of amides is 1. The summed E-state index contributed by atoms with van der Waals surface area (Å²) in [4.78, 5) is 15.4. The molecule has 1 saturated heterocycles. The molecule has 0 atom stereocenters. The maximum atomic E-state index is 11.6. The molecule has 2 rings (SSSR count). The molecule has 1 aromatic carbocycles. The lowest BCUT2D eigenvalue weighted by atomic mass is 10.2. The summed E-state index contributed by atoms with van der Waals surface area (Å²) in [7, 11) is 0. The maximum absolute atomic E-state index is 11.6. The number of anilines is 1. The summed E-state index contributed by atoms with van der Waals surface area (Å²) < 4.78 is 4.98. The molecule has 1 amide bonds. The first-order valence-corrected chi connectivity index (χ1v) is 6.89. The molecule has 0 N–H and O–H groups in total. The Bertz CT molecular complexity index is 534. The van der Waals surface area contributed by atoms with E-state index in [1.54, 1.807) is 24.0 Å². The number of benzene rings is 1. The van der Waals surface area contributed by atoms with E-state index in [9.17, 15) is 4.79 Å². The van der Waals surface area contributed by atoms with E-state index in [0.29, 0.717) is 30.3 Å². The highest BCUT2D eigenvalue weighted by Crippen LogP contribution is 2.24. The van der Waals surface area contributed by atoms with Crippen molar-refractivity contribution in [2.24, 2.45) is 0 Å². The second kappa shape index (κ2) is 6.49. The number of hydrogen-bond donors (Lipinski definition) is 0. The quantitative estimate of drug-likeness (QED) is 0.840. The highest BCUT2D eigenvalue weighted by molar-refractivity contribution is 6.32. The van der Waals surface area contributed by atoms with Crippen molar-refractivity contribution in [3.8, 4) is 6.07 Å². The second-order valence-corrected chi connectivity index (χ2v) is 4.86. The zero-order valence-electron chi connectivity index (χ0n) is 11.3. The smallest absolute Gasteiger partial charge is 0.409 e. The average Bonchev–Trinajstić information content (AvgIpc) is 2.47. The molecule has 1 aromatic rings. The Morgan fingerprint density at radius 1 is 1.40 bits per heavy atom. The van der Waals surface area contributed by atoms with Gasteiger partial charge in [0.15, 0.2) is 0 Å². The van der Waals surface area contributed by atoms with Gasteiger partial charge in [-0.05, 0) is 25.1 Å². The van der Waals surface area contributed by atoms with E-state index < -0.39 is 0 Å². The minimum atomic E-state index is -0.259. The predicted octanol–water partition coefficient (Wildman–Crippen LogP) is 2.49. The highest BCUT2D eigenvalue weighted by Gasteiger charge is 2.22. The largest absolute Gasteiger partial charge is 0.450 e. The molecule has 0 radical (unpaired) electrons. The Labute approximate surface area is 123 Å². The van der Waals surface area contributed by atoms with Gasteiger partial charge in [0.1, 0.15) is 6.07 Å². The van der Waals surface area contributed by atoms with Gasteiger partial charge in [0.05, 0.1) is 17.2 Å². The maximum Gasteiger partial charge on any atom is 0.409 e. The van der Waals surface area contributed by atoms with E-state index in [4.69, 9.17) is 21.6 Å². The Morgan fingerprint density at radius 3 is 2.65 bits per heavy atom. The summed E-state index contributed by atoms with van der Waals surface area (Å²) in [6, 6.07) is 7.43. The van der Waals surface area contributed by atoms with Crippen LogP contribution in [-0.2, 0) is 4.74 Å². The van der Waals surface area contributed by atoms with Crippen LogP contribution in [-0.4, -0.2) is 43.8 Å². The Hall–Kier alpha value is -1.93. The average molecular weight is 294 g/mol. The molecule has 0 bridgehead atoms. The van der Waals surface area contributed by atoms with Crippen LogP contribution in [0.5, 0.6) is 0 Å². The summed E-state index contributed by atoms with van der Waals surface area (Å²) in [6.07, 6.45) is -0.259. The van der Waals surface area contributed by atoms with Gasteiger partial charge in [-0.1, -0.05) is 11.6 Å². The van der Waals surface area contributed by atoms with E-state index in [2.05, 4.69) is 4.90 Å². The molecule has 0 spiro atoms. The van der Waals surface area contributed by atoms with E-state index in [-0.39, 0.29) is 6.09 Å². The van der Waals surface area contributed by atoms with Crippen molar-refractivity contribution in [1.82, 2.24) is 4.90 Å². The minimum Gasteiger partial charge on any atom is -0.450 e. The van der Waals surface area contributed by atoms with Crippen molar-refractivity contribution < 1.29 is 9.53 Å². The molecule has 1 fully saturated rings. The number of ether oxygens (including phenoxy) is 1. The third kappa shape index (κ3) is 3.14. The molecule has 0 unspecified atom stereocenters. The molecule has 20 heavy (non-hydrogen) atoms. The van der Waals surface area contributed by atoms with Gasteiger partial charge in [-0.25, -0.2) is 4.79 Å². The zero-order valence-corrected chi connectivity index (χ0v) is 12.1. The van der Waals surface area contributed by atoms with E-state index in [1.807, 2.05) is 12.1 Å². The first-order valence-electron chi connectivity index (χ1n) is 6.52. The van der Waals surface area contributed by atoms with Crippen LogP contribution in [0.4, 0.5) is 10.5 Å². The third-order valence-electron chi connectivity index (χ3n) is 3.24. The van der Waals surface area contributed by atoms with Crippen LogP contribution >= 0.6 is 11.6 Å². The number of halogens is 1. The van der Waals surface area contributed by atoms with Crippen molar-refractivity contribution in [2.45, 2.75) is 6.92 Å². The monoisotopic (exact) mass is 293 g/mol. The number of carbonyl (C=O) groups is 1. The first kappa shape index (κ1) is 14.5. The fraction of sp³-hybridized carbons (Fsp3) is 0.429. The molecule has 0 aromatic heterocycles. The number of carbonyl (C=O) groups excluding carboxylic acids is 1. The second-order valence-electron chi connectivity index (χ2n) is 4.45. The normalized spacial score (nSPS) is 14.8. The van der Waals surface area contributed by atoms with Gasteiger partial charge < -0.3 is 14.5 Å². The molecular formula is C14H16ClN3O2. The molecule has 1 heterocycles.